The van der Waals surface area contributed by atoms with E-state index < -0.39 is 0 Å². The number of amides is 1. The van der Waals surface area contributed by atoms with E-state index >= 15 is 0 Å². The van der Waals surface area contributed by atoms with Crippen LogP contribution in [-0.2, 0) is 24.2 Å². The van der Waals surface area contributed by atoms with Crippen molar-refractivity contribution in [3.8, 4) is 0 Å². The van der Waals surface area contributed by atoms with Gasteiger partial charge in [-0.3, -0.25) is 4.79 Å². The minimum Gasteiger partial charge on any atom is -0.352 e. The van der Waals surface area contributed by atoms with E-state index in [0.29, 0.717) is 6.54 Å². The molecule has 0 spiro atoms. The van der Waals surface area contributed by atoms with Crippen molar-refractivity contribution in [1.29, 1.82) is 0 Å². The van der Waals surface area contributed by atoms with Gasteiger partial charge in [-0.2, -0.15) is 0 Å². The maximum atomic E-state index is 12.2. The molecule has 3 rings (SSSR count). The van der Waals surface area contributed by atoms with Crippen LogP contribution in [0.25, 0.3) is 0 Å². The lowest BCUT2D eigenvalue weighted by molar-refractivity contribution is -0.124. The molecule has 0 fully saturated rings. The van der Waals surface area contributed by atoms with E-state index in [2.05, 4.69) is 48.6 Å². The van der Waals surface area contributed by atoms with Crippen LogP contribution in [0.4, 0.5) is 0 Å². The van der Waals surface area contributed by atoms with Crippen molar-refractivity contribution < 1.29 is 4.79 Å². The van der Waals surface area contributed by atoms with Gasteiger partial charge in [0.15, 0.2) is 0 Å². The van der Waals surface area contributed by atoms with Gasteiger partial charge in [-0.15, -0.1) is 0 Å². The average Bonchev–Trinajstić information content (AvgIpc) is 2.90. The zero-order valence-electron chi connectivity index (χ0n) is 11.7. The van der Waals surface area contributed by atoms with E-state index in [-0.39, 0.29) is 11.8 Å². The predicted molar refractivity (Wildman–Crippen MR) is 80.4 cm³/mol. The fourth-order valence-electron chi connectivity index (χ4n) is 2.78. The zero-order chi connectivity index (χ0) is 13.9. The van der Waals surface area contributed by atoms with Gasteiger partial charge < -0.3 is 5.32 Å². The summed E-state index contributed by atoms with van der Waals surface area (Å²) in [5.41, 5.74) is 5.04. The number of nitrogens with one attached hydrogen (secondary N) is 1. The number of carbonyl (C=O) groups is 1. The summed E-state index contributed by atoms with van der Waals surface area (Å²) in [7, 11) is 0. The minimum absolute atomic E-state index is 0.0952. The second-order valence-corrected chi connectivity index (χ2v) is 5.58. The van der Waals surface area contributed by atoms with Crippen LogP contribution in [0.2, 0.25) is 0 Å². The highest BCUT2D eigenvalue weighted by molar-refractivity contribution is 5.80. The zero-order valence-corrected chi connectivity index (χ0v) is 11.7. The van der Waals surface area contributed by atoms with E-state index in [0.717, 1.165) is 18.4 Å². The van der Waals surface area contributed by atoms with Crippen molar-refractivity contribution in [2.45, 2.75) is 26.3 Å². The standard InChI is InChI=1S/C18H19NO/c1-13-6-8-14(9-7-13)12-19-18(20)17-10-15-4-2-3-5-16(15)11-17/h2-9,17H,10-12H2,1H3,(H,19,20). The molecule has 20 heavy (non-hydrogen) atoms. The highest BCUT2D eigenvalue weighted by Crippen LogP contribution is 2.26. The van der Waals surface area contributed by atoms with E-state index in [1.807, 2.05) is 12.1 Å². The average molecular weight is 265 g/mol. The third kappa shape index (κ3) is 2.74. The highest BCUT2D eigenvalue weighted by Gasteiger charge is 2.26. The van der Waals surface area contributed by atoms with Crippen LogP contribution in [0.15, 0.2) is 48.5 Å². The second kappa shape index (κ2) is 5.49. The number of fused-ring (bicyclic) bond motifs is 1. The Balaban J connectivity index is 1.57. The Morgan fingerprint density at radius 3 is 2.25 bits per heavy atom. The number of hydrogen-bond donors (Lipinski definition) is 1. The molecule has 0 bridgehead atoms. The molecule has 2 nitrogen and oxygen atoms in total. The van der Waals surface area contributed by atoms with Crippen molar-refractivity contribution in [2.24, 2.45) is 5.92 Å². The van der Waals surface area contributed by atoms with E-state index in [4.69, 9.17) is 0 Å². The van der Waals surface area contributed by atoms with Crippen molar-refractivity contribution >= 4 is 5.91 Å². The largest absolute Gasteiger partial charge is 0.352 e. The quantitative estimate of drug-likeness (QED) is 0.908. The third-order valence-corrected chi connectivity index (χ3v) is 4.01. The molecule has 1 N–H and O–H groups in total. The molecule has 102 valence electrons. The molecule has 2 aromatic rings. The van der Waals surface area contributed by atoms with Crippen LogP contribution in [0.5, 0.6) is 0 Å². The molecule has 2 aromatic carbocycles. The lowest BCUT2D eigenvalue weighted by Crippen LogP contribution is -2.30. The molecule has 2 heteroatoms. The van der Waals surface area contributed by atoms with Crippen LogP contribution in [-0.4, -0.2) is 5.91 Å². The number of hydrogen-bond acceptors (Lipinski definition) is 1. The van der Waals surface area contributed by atoms with E-state index in [1.165, 1.54) is 16.7 Å². The second-order valence-electron chi connectivity index (χ2n) is 5.58. The maximum Gasteiger partial charge on any atom is 0.224 e. The summed E-state index contributed by atoms with van der Waals surface area (Å²) in [6.07, 6.45) is 1.74. The molecule has 1 amide bonds. The van der Waals surface area contributed by atoms with Crippen LogP contribution in [0.3, 0.4) is 0 Å². The number of rotatable bonds is 3. The molecule has 0 radical (unpaired) electrons. The van der Waals surface area contributed by atoms with Gasteiger partial charge in [0, 0.05) is 12.5 Å². The van der Waals surface area contributed by atoms with Gasteiger partial charge in [0.05, 0.1) is 0 Å². The molecule has 0 saturated heterocycles. The van der Waals surface area contributed by atoms with Gasteiger partial charge in [0.25, 0.3) is 0 Å². The minimum atomic E-state index is 0.0952. The first-order valence-electron chi connectivity index (χ1n) is 7.12. The summed E-state index contributed by atoms with van der Waals surface area (Å²) in [5, 5.41) is 3.06. The topological polar surface area (TPSA) is 29.1 Å². The Labute approximate surface area is 119 Å². The monoisotopic (exact) mass is 265 g/mol. The summed E-state index contributed by atoms with van der Waals surface area (Å²) in [4.78, 5) is 12.2. The Morgan fingerprint density at radius 2 is 1.65 bits per heavy atom. The highest BCUT2D eigenvalue weighted by atomic mass is 16.1. The van der Waals surface area contributed by atoms with Crippen LogP contribution in [0.1, 0.15) is 22.3 Å². The Hall–Kier alpha value is -2.09. The molecule has 0 aliphatic heterocycles. The predicted octanol–water partition coefficient (Wildman–Crippen LogP) is 3.03. The van der Waals surface area contributed by atoms with Crippen LogP contribution >= 0.6 is 0 Å². The molecule has 0 aromatic heterocycles. The molecule has 1 aliphatic rings. The third-order valence-electron chi connectivity index (χ3n) is 4.01. The van der Waals surface area contributed by atoms with Gasteiger partial charge in [-0.25, -0.2) is 0 Å². The first-order valence-corrected chi connectivity index (χ1v) is 7.12. The van der Waals surface area contributed by atoms with Gasteiger partial charge in [0.2, 0.25) is 5.91 Å². The Bertz CT molecular complexity index is 591. The summed E-state index contributed by atoms with van der Waals surface area (Å²) in [6.45, 7) is 2.68. The van der Waals surface area contributed by atoms with Gasteiger partial charge >= 0.3 is 0 Å². The SMILES string of the molecule is Cc1ccc(CNC(=O)C2Cc3ccccc3C2)cc1. The Morgan fingerprint density at radius 1 is 1.05 bits per heavy atom. The first kappa shape index (κ1) is 12.9. The van der Waals surface area contributed by atoms with E-state index in [9.17, 15) is 4.79 Å². The summed E-state index contributed by atoms with van der Waals surface area (Å²) >= 11 is 0. The van der Waals surface area contributed by atoms with Crippen LogP contribution < -0.4 is 5.32 Å². The fraction of sp³-hybridized carbons (Fsp3) is 0.278. The van der Waals surface area contributed by atoms with Crippen molar-refractivity contribution in [3.63, 3.8) is 0 Å². The van der Waals surface area contributed by atoms with E-state index in [1.54, 1.807) is 0 Å². The lowest BCUT2D eigenvalue weighted by Gasteiger charge is -2.10. The summed E-state index contributed by atoms with van der Waals surface area (Å²) in [5.74, 6) is 0.264. The summed E-state index contributed by atoms with van der Waals surface area (Å²) < 4.78 is 0. The smallest absolute Gasteiger partial charge is 0.224 e. The molecule has 0 heterocycles. The Kier molecular flexibility index (Phi) is 3.55. The molecule has 1 aliphatic carbocycles. The van der Waals surface area contributed by atoms with Crippen molar-refractivity contribution in [3.05, 3.63) is 70.8 Å². The number of aryl methyl sites for hydroxylation is 1. The number of carbonyl (C=O) groups excluding carboxylic acids is 1. The molecule has 0 unspecified atom stereocenters. The first-order chi connectivity index (χ1) is 9.72. The lowest BCUT2D eigenvalue weighted by atomic mass is 10.1. The summed E-state index contributed by atoms with van der Waals surface area (Å²) in [6, 6.07) is 16.6. The van der Waals surface area contributed by atoms with Crippen molar-refractivity contribution in [1.82, 2.24) is 5.32 Å². The normalized spacial score (nSPS) is 14.1. The molecule has 0 saturated carbocycles. The number of benzene rings is 2. The van der Waals surface area contributed by atoms with Crippen molar-refractivity contribution in [2.75, 3.05) is 0 Å². The molecular weight excluding hydrogens is 246 g/mol. The molecular formula is C18H19NO. The maximum absolute atomic E-state index is 12.2. The van der Waals surface area contributed by atoms with Crippen LogP contribution in [0, 0.1) is 12.8 Å². The molecule has 0 atom stereocenters. The van der Waals surface area contributed by atoms with Gasteiger partial charge in [0.1, 0.15) is 0 Å². The van der Waals surface area contributed by atoms with Gasteiger partial charge in [-0.05, 0) is 36.5 Å². The fourth-order valence-corrected chi connectivity index (χ4v) is 2.78. The van der Waals surface area contributed by atoms with Gasteiger partial charge in [-0.1, -0.05) is 54.1 Å².